The zero-order valence-corrected chi connectivity index (χ0v) is 13.2. The number of hydrogen-bond donors (Lipinski definition) is 2. The Balaban J connectivity index is 2.12. The molecule has 0 heterocycles. The predicted octanol–water partition coefficient (Wildman–Crippen LogP) is 4.47. The van der Waals surface area contributed by atoms with Crippen LogP contribution in [0.2, 0.25) is 0 Å². The number of rotatable bonds is 5. The van der Waals surface area contributed by atoms with Crippen LogP contribution in [0.15, 0.2) is 40.9 Å². The number of aromatic hydroxyl groups is 1. The fraction of sp³-hybridized carbons (Fsp3) is 0.250. The highest BCUT2D eigenvalue weighted by Crippen LogP contribution is 2.31. The van der Waals surface area contributed by atoms with E-state index in [4.69, 9.17) is 4.74 Å². The van der Waals surface area contributed by atoms with E-state index in [0.717, 1.165) is 15.7 Å². The van der Waals surface area contributed by atoms with E-state index in [1.807, 2.05) is 38.1 Å². The molecule has 0 atom stereocenters. The lowest BCUT2D eigenvalue weighted by Gasteiger charge is -2.12. The van der Waals surface area contributed by atoms with E-state index >= 15 is 0 Å². The van der Waals surface area contributed by atoms with Crippen LogP contribution in [0.5, 0.6) is 11.5 Å². The predicted molar refractivity (Wildman–Crippen MR) is 85.5 cm³/mol. The van der Waals surface area contributed by atoms with E-state index in [1.165, 1.54) is 5.56 Å². The quantitative estimate of drug-likeness (QED) is 0.846. The second-order valence-corrected chi connectivity index (χ2v) is 5.39. The third-order valence-electron chi connectivity index (χ3n) is 2.98. The number of hydrogen-bond acceptors (Lipinski definition) is 3. The molecule has 0 bridgehead atoms. The van der Waals surface area contributed by atoms with E-state index in [9.17, 15) is 5.11 Å². The molecule has 0 amide bonds. The number of halogens is 1. The van der Waals surface area contributed by atoms with Crippen molar-refractivity contribution in [1.29, 1.82) is 0 Å². The van der Waals surface area contributed by atoms with Gasteiger partial charge in [-0.25, -0.2) is 0 Å². The van der Waals surface area contributed by atoms with Crippen LogP contribution in [-0.2, 0) is 6.54 Å². The third kappa shape index (κ3) is 3.45. The van der Waals surface area contributed by atoms with Gasteiger partial charge in [-0.2, -0.15) is 0 Å². The van der Waals surface area contributed by atoms with Gasteiger partial charge in [-0.05, 0) is 53.5 Å². The molecule has 4 heteroatoms. The number of anilines is 1. The number of benzene rings is 2. The van der Waals surface area contributed by atoms with Crippen LogP contribution in [0.25, 0.3) is 0 Å². The first-order valence-corrected chi connectivity index (χ1v) is 7.34. The molecular formula is C16H18BrNO2. The minimum absolute atomic E-state index is 0.199. The summed E-state index contributed by atoms with van der Waals surface area (Å²) in [5, 5.41) is 13.4. The smallest absolute Gasteiger partial charge is 0.162 e. The van der Waals surface area contributed by atoms with E-state index in [1.54, 1.807) is 6.07 Å². The zero-order chi connectivity index (χ0) is 14.5. The fourth-order valence-corrected chi connectivity index (χ4v) is 2.57. The standard InChI is InChI=1S/C16H18BrNO2/c1-3-20-15-6-4-5-12(16(15)19)10-18-14-8-7-11(2)9-13(14)17/h4-9,18-19H,3,10H2,1-2H3. The lowest BCUT2D eigenvalue weighted by atomic mass is 10.1. The van der Waals surface area contributed by atoms with E-state index in [-0.39, 0.29) is 5.75 Å². The Morgan fingerprint density at radius 2 is 2.05 bits per heavy atom. The second kappa shape index (κ2) is 6.66. The number of aryl methyl sites for hydroxylation is 1. The van der Waals surface area contributed by atoms with Gasteiger partial charge in [0, 0.05) is 22.3 Å². The summed E-state index contributed by atoms with van der Waals surface area (Å²) in [6.07, 6.45) is 0. The summed E-state index contributed by atoms with van der Waals surface area (Å²) in [5.41, 5.74) is 3.00. The molecule has 0 spiro atoms. The fourth-order valence-electron chi connectivity index (χ4n) is 1.94. The third-order valence-corrected chi connectivity index (χ3v) is 3.63. The van der Waals surface area contributed by atoms with Crippen LogP contribution in [0, 0.1) is 6.92 Å². The van der Waals surface area contributed by atoms with Crippen LogP contribution in [0.1, 0.15) is 18.1 Å². The maximum absolute atomic E-state index is 10.1. The average molecular weight is 336 g/mol. The molecule has 0 radical (unpaired) electrons. The number of phenolic OH excluding ortho intramolecular Hbond substituents is 1. The van der Waals surface area contributed by atoms with Crippen LogP contribution >= 0.6 is 15.9 Å². The van der Waals surface area contributed by atoms with Crippen molar-refractivity contribution in [2.45, 2.75) is 20.4 Å². The van der Waals surface area contributed by atoms with Gasteiger partial charge in [0.1, 0.15) is 0 Å². The highest BCUT2D eigenvalue weighted by Gasteiger charge is 2.08. The maximum Gasteiger partial charge on any atom is 0.162 e. The molecule has 0 saturated heterocycles. The Kier molecular flexibility index (Phi) is 4.90. The van der Waals surface area contributed by atoms with Gasteiger partial charge < -0.3 is 15.2 Å². The second-order valence-electron chi connectivity index (χ2n) is 4.53. The molecular weight excluding hydrogens is 318 g/mol. The first-order valence-electron chi connectivity index (χ1n) is 6.55. The molecule has 0 aliphatic carbocycles. The largest absolute Gasteiger partial charge is 0.504 e. The Bertz CT molecular complexity index is 599. The summed E-state index contributed by atoms with van der Waals surface area (Å²) in [5.74, 6) is 0.722. The summed E-state index contributed by atoms with van der Waals surface area (Å²) in [6, 6.07) is 11.6. The van der Waals surface area contributed by atoms with E-state index in [2.05, 4.69) is 27.3 Å². The minimum Gasteiger partial charge on any atom is -0.504 e. The first kappa shape index (κ1) is 14.7. The SMILES string of the molecule is CCOc1cccc(CNc2ccc(C)cc2Br)c1O. The highest BCUT2D eigenvalue weighted by atomic mass is 79.9. The zero-order valence-electron chi connectivity index (χ0n) is 11.6. The van der Waals surface area contributed by atoms with Crippen molar-refractivity contribution >= 4 is 21.6 Å². The number of para-hydroxylation sites is 1. The molecule has 2 N–H and O–H groups in total. The van der Waals surface area contributed by atoms with Gasteiger partial charge in [0.15, 0.2) is 11.5 Å². The van der Waals surface area contributed by atoms with Gasteiger partial charge in [0.2, 0.25) is 0 Å². The van der Waals surface area contributed by atoms with Gasteiger partial charge in [-0.3, -0.25) is 0 Å². The topological polar surface area (TPSA) is 41.5 Å². The van der Waals surface area contributed by atoms with Gasteiger partial charge in [-0.1, -0.05) is 18.2 Å². The lowest BCUT2D eigenvalue weighted by Crippen LogP contribution is -2.02. The molecule has 106 valence electrons. The number of nitrogens with one attached hydrogen (secondary N) is 1. The van der Waals surface area contributed by atoms with E-state index < -0.39 is 0 Å². The lowest BCUT2D eigenvalue weighted by molar-refractivity contribution is 0.317. The summed E-state index contributed by atoms with van der Waals surface area (Å²) in [6.45, 7) is 5.02. The average Bonchev–Trinajstić information content (AvgIpc) is 2.42. The van der Waals surface area contributed by atoms with Crippen LogP contribution in [-0.4, -0.2) is 11.7 Å². The van der Waals surface area contributed by atoms with Crippen LogP contribution in [0.3, 0.4) is 0 Å². The monoisotopic (exact) mass is 335 g/mol. The first-order chi connectivity index (χ1) is 9.61. The molecule has 0 saturated carbocycles. The normalized spacial score (nSPS) is 10.3. The van der Waals surface area contributed by atoms with Crippen molar-refractivity contribution in [2.24, 2.45) is 0 Å². The Morgan fingerprint density at radius 3 is 2.75 bits per heavy atom. The van der Waals surface area contributed by atoms with Crippen molar-refractivity contribution in [3.05, 3.63) is 52.0 Å². The van der Waals surface area contributed by atoms with E-state index in [0.29, 0.717) is 18.9 Å². The molecule has 0 aromatic heterocycles. The van der Waals surface area contributed by atoms with Crippen molar-refractivity contribution in [3.8, 4) is 11.5 Å². The Labute approximate surface area is 127 Å². The molecule has 2 aromatic rings. The molecule has 0 aliphatic heterocycles. The highest BCUT2D eigenvalue weighted by molar-refractivity contribution is 9.10. The molecule has 0 unspecified atom stereocenters. The van der Waals surface area contributed by atoms with Gasteiger partial charge in [0.25, 0.3) is 0 Å². The summed E-state index contributed by atoms with van der Waals surface area (Å²) in [4.78, 5) is 0. The molecule has 20 heavy (non-hydrogen) atoms. The maximum atomic E-state index is 10.1. The van der Waals surface area contributed by atoms with Gasteiger partial charge >= 0.3 is 0 Å². The van der Waals surface area contributed by atoms with Crippen molar-refractivity contribution < 1.29 is 9.84 Å². The van der Waals surface area contributed by atoms with Crippen molar-refractivity contribution in [1.82, 2.24) is 0 Å². The molecule has 0 fully saturated rings. The van der Waals surface area contributed by atoms with Crippen LogP contribution in [0.4, 0.5) is 5.69 Å². The molecule has 2 aromatic carbocycles. The molecule has 0 aliphatic rings. The molecule has 3 nitrogen and oxygen atoms in total. The van der Waals surface area contributed by atoms with Crippen molar-refractivity contribution in [2.75, 3.05) is 11.9 Å². The Hall–Kier alpha value is -1.68. The number of ether oxygens (including phenoxy) is 1. The number of phenols is 1. The molecule has 2 rings (SSSR count). The van der Waals surface area contributed by atoms with Gasteiger partial charge in [0.05, 0.1) is 6.61 Å². The summed E-state index contributed by atoms with van der Waals surface area (Å²) in [7, 11) is 0. The van der Waals surface area contributed by atoms with Crippen molar-refractivity contribution in [3.63, 3.8) is 0 Å². The minimum atomic E-state index is 0.199. The van der Waals surface area contributed by atoms with Gasteiger partial charge in [-0.15, -0.1) is 0 Å². The summed E-state index contributed by atoms with van der Waals surface area (Å²) < 4.78 is 6.39. The Morgan fingerprint density at radius 1 is 1.25 bits per heavy atom. The van der Waals surface area contributed by atoms with Crippen LogP contribution < -0.4 is 10.1 Å². The summed E-state index contributed by atoms with van der Waals surface area (Å²) >= 11 is 3.53.